The largest absolute Gasteiger partial charge is 0.480 e. The molecule has 0 unspecified atom stereocenters. The number of aliphatic carboxylic acids is 1. The molecule has 2 rings (SSSR count). The molecular weight excluding hydrogens is 312 g/mol. The summed E-state index contributed by atoms with van der Waals surface area (Å²) in [5, 5.41) is 11.9. The van der Waals surface area contributed by atoms with Crippen molar-refractivity contribution in [2.45, 2.75) is 32.6 Å². The topological polar surface area (TPSA) is 70.5 Å². The molecule has 1 heterocycles. The van der Waals surface area contributed by atoms with Crippen LogP contribution in [0.3, 0.4) is 0 Å². The van der Waals surface area contributed by atoms with Gasteiger partial charge in [0.2, 0.25) is 5.91 Å². The van der Waals surface area contributed by atoms with Crippen LogP contribution in [0.15, 0.2) is 35.7 Å². The minimum absolute atomic E-state index is 0.0633. The monoisotopic (exact) mass is 332 g/mol. The molecule has 0 bridgehead atoms. The first kappa shape index (κ1) is 17.1. The summed E-state index contributed by atoms with van der Waals surface area (Å²) in [5.74, 6) is -1.32. The molecule has 0 aliphatic heterocycles. The summed E-state index contributed by atoms with van der Waals surface area (Å²) in [6.07, 6.45) is 0.0920. The summed E-state index contributed by atoms with van der Waals surface area (Å²) < 4.78 is 0. The number of aromatic nitrogens is 1. The van der Waals surface area contributed by atoms with Gasteiger partial charge in [0.1, 0.15) is 6.54 Å². The van der Waals surface area contributed by atoms with Crippen molar-refractivity contribution >= 4 is 28.9 Å². The van der Waals surface area contributed by atoms with E-state index in [-0.39, 0.29) is 24.3 Å². The Morgan fingerprint density at radius 1 is 1.22 bits per heavy atom. The average Bonchev–Trinajstić information content (AvgIpc) is 2.94. The lowest BCUT2D eigenvalue weighted by Crippen LogP contribution is -2.36. The lowest BCUT2D eigenvalue weighted by atomic mass is 9.98. The van der Waals surface area contributed by atoms with Crippen LogP contribution >= 0.6 is 11.3 Å². The number of rotatable bonds is 5. The van der Waals surface area contributed by atoms with E-state index in [0.29, 0.717) is 11.4 Å². The highest BCUT2D eigenvalue weighted by Gasteiger charge is 2.22. The van der Waals surface area contributed by atoms with Crippen LogP contribution in [0.2, 0.25) is 0 Å². The molecule has 0 radical (unpaired) electrons. The molecule has 1 amide bonds. The van der Waals surface area contributed by atoms with Gasteiger partial charge in [0, 0.05) is 16.5 Å². The van der Waals surface area contributed by atoms with E-state index >= 15 is 0 Å². The average molecular weight is 332 g/mol. The fraction of sp³-hybridized carbons (Fsp3) is 0.353. The van der Waals surface area contributed by atoms with Gasteiger partial charge in [-0.05, 0) is 12.1 Å². The van der Waals surface area contributed by atoms with Crippen LogP contribution in [-0.2, 0) is 21.4 Å². The van der Waals surface area contributed by atoms with Crippen LogP contribution in [0.1, 0.15) is 31.5 Å². The molecule has 0 aliphatic rings. The quantitative estimate of drug-likeness (QED) is 0.913. The molecule has 23 heavy (non-hydrogen) atoms. The second kappa shape index (κ2) is 6.91. The number of carboxylic acid groups (broad SMARTS) is 1. The van der Waals surface area contributed by atoms with E-state index in [9.17, 15) is 9.59 Å². The highest BCUT2D eigenvalue weighted by Crippen LogP contribution is 2.26. The van der Waals surface area contributed by atoms with Gasteiger partial charge in [-0.15, -0.1) is 11.3 Å². The minimum Gasteiger partial charge on any atom is -0.480 e. The third kappa shape index (κ3) is 4.63. The number of benzene rings is 1. The molecule has 1 N–H and O–H groups in total. The number of hydrogen-bond donors (Lipinski definition) is 1. The van der Waals surface area contributed by atoms with Crippen molar-refractivity contribution in [3.8, 4) is 0 Å². The zero-order chi connectivity index (χ0) is 17.0. The highest BCUT2D eigenvalue weighted by atomic mass is 32.1. The number of carbonyl (C=O) groups is 2. The number of carboxylic acids is 1. The summed E-state index contributed by atoms with van der Waals surface area (Å²) in [6.45, 7) is 5.84. The molecule has 1 aromatic carbocycles. The molecule has 0 saturated heterocycles. The Hall–Kier alpha value is -2.21. The summed E-state index contributed by atoms with van der Waals surface area (Å²) >= 11 is 1.52. The molecule has 0 fully saturated rings. The maximum atomic E-state index is 12.5. The molecule has 0 spiro atoms. The molecule has 0 atom stereocenters. The van der Waals surface area contributed by atoms with E-state index in [0.717, 1.165) is 5.01 Å². The van der Waals surface area contributed by atoms with E-state index in [1.54, 1.807) is 24.3 Å². The summed E-state index contributed by atoms with van der Waals surface area (Å²) in [6, 6.07) is 8.82. The predicted molar refractivity (Wildman–Crippen MR) is 90.9 cm³/mol. The Balaban J connectivity index is 2.18. The SMILES string of the molecule is CC(C)(C)c1nc(CC(=O)N(CC(=O)O)c2ccccc2)cs1. The van der Waals surface area contributed by atoms with Crippen molar-refractivity contribution in [3.05, 3.63) is 46.4 Å². The van der Waals surface area contributed by atoms with Crippen molar-refractivity contribution in [2.75, 3.05) is 11.4 Å². The summed E-state index contributed by atoms with van der Waals surface area (Å²) in [4.78, 5) is 29.4. The maximum absolute atomic E-state index is 12.5. The standard InChI is InChI=1S/C17H20N2O3S/c1-17(2,3)16-18-12(11-23-16)9-14(20)19(10-15(21)22)13-7-5-4-6-8-13/h4-8,11H,9-10H2,1-3H3,(H,21,22). The Morgan fingerprint density at radius 3 is 2.39 bits per heavy atom. The molecule has 6 heteroatoms. The van der Waals surface area contributed by atoms with Crippen molar-refractivity contribution in [2.24, 2.45) is 0 Å². The number of carbonyl (C=O) groups excluding carboxylic acids is 1. The van der Waals surface area contributed by atoms with Gasteiger partial charge in [0.15, 0.2) is 0 Å². The van der Waals surface area contributed by atoms with Gasteiger partial charge in [0.05, 0.1) is 17.1 Å². The van der Waals surface area contributed by atoms with E-state index in [1.165, 1.54) is 16.2 Å². The molecular formula is C17H20N2O3S. The van der Waals surface area contributed by atoms with Gasteiger partial charge in [-0.1, -0.05) is 39.0 Å². The van der Waals surface area contributed by atoms with Gasteiger partial charge in [0.25, 0.3) is 0 Å². The Kier molecular flexibility index (Phi) is 5.15. The first-order valence-electron chi connectivity index (χ1n) is 7.29. The number of para-hydroxylation sites is 1. The fourth-order valence-corrected chi connectivity index (χ4v) is 2.96. The molecule has 0 saturated carbocycles. The third-order valence-corrected chi connectivity index (χ3v) is 4.50. The van der Waals surface area contributed by atoms with Gasteiger partial charge in [-0.2, -0.15) is 0 Å². The Morgan fingerprint density at radius 2 is 1.87 bits per heavy atom. The number of hydrogen-bond acceptors (Lipinski definition) is 4. The van der Waals surface area contributed by atoms with Crippen LogP contribution in [0.25, 0.3) is 0 Å². The zero-order valence-corrected chi connectivity index (χ0v) is 14.3. The number of anilines is 1. The van der Waals surface area contributed by atoms with Gasteiger partial charge in [-0.25, -0.2) is 4.98 Å². The van der Waals surface area contributed by atoms with Crippen molar-refractivity contribution in [3.63, 3.8) is 0 Å². The van der Waals surface area contributed by atoms with Crippen molar-refractivity contribution in [1.82, 2.24) is 4.98 Å². The molecule has 122 valence electrons. The van der Waals surface area contributed by atoms with Crippen LogP contribution in [0.5, 0.6) is 0 Å². The van der Waals surface area contributed by atoms with E-state index in [2.05, 4.69) is 25.8 Å². The molecule has 2 aromatic rings. The third-order valence-electron chi connectivity index (χ3n) is 3.19. The van der Waals surface area contributed by atoms with E-state index in [1.807, 2.05) is 11.4 Å². The highest BCUT2D eigenvalue weighted by molar-refractivity contribution is 7.09. The van der Waals surface area contributed by atoms with Crippen LogP contribution in [0, 0.1) is 0 Å². The second-order valence-corrected chi connectivity index (χ2v) is 7.14. The molecule has 1 aromatic heterocycles. The smallest absolute Gasteiger partial charge is 0.323 e. The normalized spacial score (nSPS) is 11.3. The fourth-order valence-electron chi connectivity index (χ4n) is 2.05. The lowest BCUT2D eigenvalue weighted by molar-refractivity contribution is -0.136. The van der Waals surface area contributed by atoms with Crippen LogP contribution < -0.4 is 4.90 Å². The van der Waals surface area contributed by atoms with E-state index in [4.69, 9.17) is 5.11 Å². The number of amides is 1. The van der Waals surface area contributed by atoms with E-state index < -0.39 is 5.97 Å². The number of nitrogens with zero attached hydrogens (tertiary/aromatic N) is 2. The van der Waals surface area contributed by atoms with Crippen LogP contribution in [-0.4, -0.2) is 28.5 Å². The van der Waals surface area contributed by atoms with Gasteiger partial charge in [-0.3, -0.25) is 9.59 Å². The van der Waals surface area contributed by atoms with Gasteiger partial charge < -0.3 is 10.0 Å². The Labute approximate surface area is 139 Å². The zero-order valence-electron chi connectivity index (χ0n) is 13.4. The van der Waals surface area contributed by atoms with Crippen molar-refractivity contribution < 1.29 is 14.7 Å². The van der Waals surface area contributed by atoms with Gasteiger partial charge >= 0.3 is 5.97 Å². The van der Waals surface area contributed by atoms with Crippen molar-refractivity contribution in [1.29, 1.82) is 0 Å². The molecule has 5 nitrogen and oxygen atoms in total. The minimum atomic E-state index is -1.05. The Bertz CT molecular complexity index is 689. The van der Waals surface area contributed by atoms with Crippen LogP contribution in [0.4, 0.5) is 5.69 Å². The summed E-state index contributed by atoms with van der Waals surface area (Å²) in [5.41, 5.74) is 1.19. The predicted octanol–water partition coefficient (Wildman–Crippen LogP) is 3.10. The maximum Gasteiger partial charge on any atom is 0.323 e. The first-order valence-corrected chi connectivity index (χ1v) is 8.17. The lowest BCUT2D eigenvalue weighted by Gasteiger charge is -2.20. The molecule has 0 aliphatic carbocycles. The second-order valence-electron chi connectivity index (χ2n) is 6.28. The first-order chi connectivity index (χ1) is 10.8. The number of thiazole rings is 1. The summed E-state index contributed by atoms with van der Waals surface area (Å²) in [7, 11) is 0.